The summed E-state index contributed by atoms with van der Waals surface area (Å²) in [6, 6.07) is 4.03. The average molecular weight is 268 g/mol. The summed E-state index contributed by atoms with van der Waals surface area (Å²) < 4.78 is 0. The molecule has 0 radical (unpaired) electrons. The van der Waals surface area contributed by atoms with Crippen LogP contribution in [0, 0.1) is 16.0 Å². The molecule has 7 heteroatoms. The molecule has 0 unspecified atom stereocenters. The second kappa shape index (κ2) is 5.14. The van der Waals surface area contributed by atoms with Crippen molar-refractivity contribution < 1.29 is 9.72 Å². The fourth-order valence-corrected chi connectivity index (χ4v) is 1.51. The van der Waals surface area contributed by atoms with E-state index in [1.165, 1.54) is 24.4 Å². The first kappa shape index (κ1) is 12.5. The SMILES string of the molecule is O=C(NN=Cc1cc([N+](=O)[O-])ccc1Cl)C1CC1. The lowest BCUT2D eigenvalue weighted by molar-refractivity contribution is -0.384. The van der Waals surface area contributed by atoms with Gasteiger partial charge in [-0.2, -0.15) is 5.10 Å². The van der Waals surface area contributed by atoms with Crippen molar-refractivity contribution in [2.45, 2.75) is 12.8 Å². The summed E-state index contributed by atoms with van der Waals surface area (Å²) in [6.45, 7) is 0. The van der Waals surface area contributed by atoms with Crippen molar-refractivity contribution in [2.24, 2.45) is 11.0 Å². The standard InChI is InChI=1S/C11H10ClN3O3/c12-10-4-3-9(15(17)18)5-8(10)6-13-14-11(16)7-1-2-7/h3-7H,1-2H2,(H,14,16). The fourth-order valence-electron chi connectivity index (χ4n) is 1.35. The topological polar surface area (TPSA) is 84.6 Å². The van der Waals surface area contributed by atoms with Crippen LogP contribution in [0.2, 0.25) is 5.02 Å². The van der Waals surface area contributed by atoms with Crippen LogP contribution in [0.15, 0.2) is 23.3 Å². The third kappa shape index (κ3) is 3.04. The van der Waals surface area contributed by atoms with Crippen molar-refractivity contribution in [3.63, 3.8) is 0 Å². The Morgan fingerprint density at radius 3 is 2.89 bits per heavy atom. The van der Waals surface area contributed by atoms with Crippen LogP contribution in [0.25, 0.3) is 0 Å². The molecule has 0 aliphatic heterocycles. The highest BCUT2D eigenvalue weighted by Gasteiger charge is 2.29. The molecule has 1 aliphatic rings. The number of carbonyl (C=O) groups is 1. The summed E-state index contributed by atoms with van der Waals surface area (Å²) in [5.74, 6) is -0.0736. The Morgan fingerprint density at radius 1 is 1.56 bits per heavy atom. The smallest absolute Gasteiger partial charge is 0.270 e. The average Bonchev–Trinajstić information content (AvgIpc) is 3.15. The first-order valence-corrected chi connectivity index (χ1v) is 5.72. The van der Waals surface area contributed by atoms with Crippen molar-refractivity contribution in [1.82, 2.24) is 5.43 Å². The van der Waals surface area contributed by atoms with Gasteiger partial charge in [0.1, 0.15) is 0 Å². The number of non-ortho nitro benzene ring substituents is 1. The number of nitro benzene ring substituents is 1. The highest BCUT2D eigenvalue weighted by atomic mass is 35.5. The Hall–Kier alpha value is -1.95. The zero-order valence-corrected chi connectivity index (χ0v) is 10.1. The Labute approximate surface area is 108 Å². The second-order valence-corrected chi connectivity index (χ2v) is 4.38. The minimum atomic E-state index is -0.517. The minimum absolute atomic E-state index is 0.0581. The molecule has 1 saturated carbocycles. The van der Waals surface area contributed by atoms with Crippen LogP contribution in [0.1, 0.15) is 18.4 Å². The van der Waals surface area contributed by atoms with E-state index in [9.17, 15) is 14.9 Å². The van der Waals surface area contributed by atoms with E-state index in [1.807, 2.05) is 0 Å². The number of benzene rings is 1. The van der Waals surface area contributed by atoms with Crippen LogP contribution in [-0.4, -0.2) is 17.0 Å². The first-order chi connectivity index (χ1) is 8.58. The van der Waals surface area contributed by atoms with Crippen molar-refractivity contribution >= 4 is 29.4 Å². The maximum absolute atomic E-state index is 11.3. The van der Waals surface area contributed by atoms with E-state index in [4.69, 9.17) is 11.6 Å². The number of nitrogens with one attached hydrogen (secondary N) is 1. The number of hydrogen-bond acceptors (Lipinski definition) is 4. The van der Waals surface area contributed by atoms with E-state index in [0.29, 0.717) is 10.6 Å². The van der Waals surface area contributed by atoms with Gasteiger partial charge in [0.2, 0.25) is 5.91 Å². The lowest BCUT2D eigenvalue weighted by Crippen LogP contribution is -2.18. The minimum Gasteiger partial charge on any atom is -0.273 e. The normalized spacial score (nSPS) is 14.7. The highest BCUT2D eigenvalue weighted by molar-refractivity contribution is 6.33. The van der Waals surface area contributed by atoms with Gasteiger partial charge in [0.25, 0.3) is 5.69 Å². The zero-order valence-electron chi connectivity index (χ0n) is 9.30. The molecule has 0 atom stereocenters. The van der Waals surface area contributed by atoms with Gasteiger partial charge >= 0.3 is 0 Å². The Kier molecular flexibility index (Phi) is 3.57. The lowest BCUT2D eigenvalue weighted by Gasteiger charge is -1.99. The van der Waals surface area contributed by atoms with Crippen molar-refractivity contribution in [1.29, 1.82) is 0 Å². The van der Waals surface area contributed by atoms with Gasteiger partial charge in [-0.1, -0.05) is 11.6 Å². The molecular formula is C11H10ClN3O3. The van der Waals surface area contributed by atoms with Crippen molar-refractivity contribution in [3.05, 3.63) is 38.9 Å². The predicted molar refractivity (Wildman–Crippen MR) is 66.6 cm³/mol. The van der Waals surface area contributed by atoms with Crippen LogP contribution in [0.5, 0.6) is 0 Å². The molecule has 2 rings (SSSR count). The van der Waals surface area contributed by atoms with E-state index in [1.54, 1.807) is 0 Å². The Morgan fingerprint density at radius 2 is 2.28 bits per heavy atom. The molecule has 1 amide bonds. The van der Waals surface area contributed by atoms with E-state index in [0.717, 1.165) is 12.8 Å². The van der Waals surface area contributed by atoms with Gasteiger partial charge in [-0.15, -0.1) is 0 Å². The second-order valence-electron chi connectivity index (χ2n) is 3.97. The molecule has 1 aliphatic carbocycles. The highest BCUT2D eigenvalue weighted by Crippen LogP contribution is 2.28. The van der Waals surface area contributed by atoms with E-state index < -0.39 is 4.92 Å². The molecule has 0 saturated heterocycles. The lowest BCUT2D eigenvalue weighted by atomic mass is 10.2. The molecule has 1 fully saturated rings. The summed E-state index contributed by atoms with van der Waals surface area (Å²) >= 11 is 5.86. The summed E-state index contributed by atoms with van der Waals surface area (Å²) in [4.78, 5) is 21.4. The molecule has 1 N–H and O–H groups in total. The number of carbonyl (C=O) groups excluding carboxylic acids is 1. The predicted octanol–water partition coefficient (Wildman–Crippen LogP) is 2.11. The van der Waals surface area contributed by atoms with Gasteiger partial charge in [0, 0.05) is 28.6 Å². The summed E-state index contributed by atoms with van der Waals surface area (Å²) in [6.07, 6.45) is 3.08. The van der Waals surface area contributed by atoms with E-state index in [2.05, 4.69) is 10.5 Å². The van der Waals surface area contributed by atoms with E-state index >= 15 is 0 Å². The van der Waals surface area contributed by atoms with Crippen LogP contribution in [-0.2, 0) is 4.79 Å². The molecule has 1 aromatic carbocycles. The summed E-state index contributed by atoms with van der Waals surface area (Å²) in [5.41, 5.74) is 2.69. The Bertz CT molecular complexity index is 526. The Balaban J connectivity index is 2.07. The molecular weight excluding hydrogens is 258 g/mol. The maximum atomic E-state index is 11.3. The van der Waals surface area contributed by atoms with Crippen LogP contribution in [0.4, 0.5) is 5.69 Å². The number of halogens is 1. The molecule has 1 aromatic rings. The number of nitro groups is 1. The van der Waals surface area contributed by atoms with Crippen LogP contribution >= 0.6 is 11.6 Å². The van der Waals surface area contributed by atoms with Gasteiger partial charge in [-0.25, -0.2) is 5.43 Å². The van der Waals surface area contributed by atoms with Gasteiger partial charge in [0.15, 0.2) is 0 Å². The molecule has 0 heterocycles. The van der Waals surface area contributed by atoms with Gasteiger partial charge < -0.3 is 0 Å². The third-order valence-electron chi connectivity index (χ3n) is 2.52. The molecule has 18 heavy (non-hydrogen) atoms. The van der Waals surface area contributed by atoms with Gasteiger partial charge in [0.05, 0.1) is 11.1 Å². The number of hydrazone groups is 1. The van der Waals surface area contributed by atoms with Crippen LogP contribution < -0.4 is 5.43 Å². The number of nitrogens with zero attached hydrogens (tertiary/aromatic N) is 2. The largest absolute Gasteiger partial charge is 0.273 e. The monoisotopic (exact) mass is 267 g/mol. The molecule has 0 aromatic heterocycles. The summed E-state index contributed by atoms with van der Waals surface area (Å²) in [7, 11) is 0. The molecule has 6 nitrogen and oxygen atoms in total. The summed E-state index contributed by atoms with van der Waals surface area (Å²) in [5, 5.41) is 14.7. The molecule has 0 spiro atoms. The van der Waals surface area contributed by atoms with Gasteiger partial charge in [-0.05, 0) is 18.9 Å². The van der Waals surface area contributed by atoms with Crippen LogP contribution in [0.3, 0.4) is 0 Å². The van der Waals surface area contributed by atoms with Crippen molar-refractivity contribution in [3.8, 4) is 0 Å². The molecule has 0 bridgehead atoms. The quantitative estimate of drug-likeness (QED) is 0.515. The number of rotatable bonds is 4. The van der Waals surface area contributed by atoms with Crippen molar-refractivity contribution in [2.75, 3.05) is 0 Å². The maximum Gasteiger partial charge on any atom is 0.270 e. The first-order valence-electron chi connectivity index (χ1n) is 5.35. The van der Waals surface area contributed by atoms with E-state index in [-0.39, 0.29) is 17.5 Å². The number of amides is 1. The molecule has 94 valence electrons. The van der Waals surface area contributed by atoms with Gasteiger partial charge in [-0.3, -0.25) is 14.9 Å². The zero-order chi connectivity index (χ0) is 13.1. The fraction of sp³-hybridized carbons (Fsp3) is 0.273. The number of hydrogen-bond donors (Lipinski definition) is 1. The third-order valence-corrected chi connectivity index (χ3v) is 2.86.